The van der Waals surface area contributed by atoms with Crippen molar-refractivity contribution in [3.05, 3.63) is 90.1 Å². The zero-order valence-electron chi connectivity index (χ0n) is 21.6. The third-order valence-corrected chi connectivity index (χ3v) is 9.33. The minimum Gasteiger partial charge on any atom is -0.492 e. The highest BCUT2D eigenvalue weighted by Crippen LogP contribution is 2.37. The largest absolute Gasteiger partial charge is 0.492 e. The second kappa shape index (κ2) is 10.6. The van der Waals surface area contributed by atoms with E-state index in [2.05, 4.69) is 21.8 Å². The molecule has 0 amide bonds. The van der Waals surface area contributed by atoms with E-state index in [4.69, 9.17) is 16.3 Å². The maximum absolute atomic E-state index is 13.7. The van der Waals surface area contributed by atoms with Gasteiger partial charge < -0.3 is 9.64 Å². The number of halogens is 1. The lowest BCUT2D eigenvalue weighted by molar-refractivity contribution is 0.134. The molecule has 0 aliphatic carbocycles. The summed E-state index contributed by atoms with van der Waals surface area (Å²) in [5, 5.41) is 1.79. The van der Waals surface area contributed by atoms with Crippen LogP contribution in [0.5, 0.6) is 5.75 Å². The van der Waals surface area contributed by atoms with Gasteiger partial charge in [0.1, 0.15) is 12.4 Å². The van der Waals surface area contributed by atoms with Crippen molar-refractivity contribution in [1.82, 2.24) is 18.8 Å². The van der Waals surface area contributed by atoms with Gasteiger partial charge in [-0.15, -0.1) is 0 Å². The Kier molecular flexibility index (Phi) is 7.03. The van der Waals surface area contributed by atoms with E-state index < -0.39 is 10.0 Å². The van der Waals surface area contributed by atoms with Crippen LogP contribution >= 0.6 is 11.6 Å². The number of pyridine rings is 1. The van der Waals surface area contributed by atoms with Crippen LogP contribution < -0.4 is 4.74 Å². The summed E-state index contributed by atoms with van der Waals surface area (Å²) < 4.78 is 34.7. The molecule has 39 heavy (non-hydrogen) atoms. The van der Waals surface area contributed by atoms with E-state index in [1.54, 1.807) is 36.4 Å². The normalized spacial score (nSPS) is 15.2. The summed E-state index contributed by atoms with van der Waals surface area (Å²) in [5.74, 6) is 0.826. The van der Waals surface area contributed by atoms with Crippen molar-refractivity contribution < 1.29 is 13.2 Å². The fourth-order valence-corrected chi connectivity index (χ4v) is 6.83. The Hall–Kier alpha value is -3.43. The lowest BCUT2D eigenvalue weighted by Gasteiger charge is -2.32. The number of hydrogen-bond donors (Lipinski definition) is 0. The van der Waals surface area contributed by atoms with Crippen LogP contribution in [0.2, 0.25) is 5.02 Å². The molecule has 3 aromatic carbocycles. The summed E-state index contributed by atoms with van der Waals surface area (Å²) in [6.45, 7) is 5.90. The Morgan fingerprint density at radius 3 is 2.36 bits per heavy atom. The molecule has 0 radical (unpaired) electrons. The molecule has 5 aromatic rings. The quantitative estimate of drug-likeness (QED) is 0.266. The van der Waals surface area contributed by atoms with Crippen LogP contribution in [0.4, 0.5) is 0 Å². The van der Waals surface area contributed by atoms with E-state index in [0.717, 1.165) is 55.0 Å². The molecule has 0 spiro atoms. The number of ether oxygens (including phenoxy) is 1. The smallest absolute Gasteiger partial charge is 0.269 e. The molecule has 2 aromatic heterocycles. The average molecular weight is 561 g/mol. The number of hydrogen-bond acceptors (Lipinski definition) is 6. The molecule has 0 N–H and O–H groups in total. The Bertz CT molecular complexity index is 1730. The van der Waals surface area contributed by atoms with Crippen molar-refractivity contribution in [2.45, 2.75) is 4.90 Å². The Morgan fingerprint density at radius 2 is 1.62 bits per heavy atom. The predicted molar refractivity (Wildman–Crippen MR) is 156 cm³/mol. The van der Waals surface area contributed by atoms with Crippen LogP contribution in [-0.4, -0.2) is 73.6 Å². The van der Waals surface area contributed by atoms with E-state index in [1.807, 2.05) is 42.5 Å². The van der Waals surface area contributed by atoms with Gasteiger partial charge >= 0.3 is 0 Å². The Balaban J connectivity index is 1.30. The van der Waals surface area contributed by atoms with Gasteiger partial charge in [-0.05, 0) is 60.6 Å². The highest BCUT2D eigenvalue weighted by molar-refractivity contribution is 7.90. The first kappa shape index (κ1) is 25.8. The van der Waals surface area contributed by atoms with E-state index in [9.17, 15) is 8.42 Å². The molecule has 6 rings (SSSR count). The number of fused-ring (bicyclic) bond motifs is 3. The standard InChI is InChI=1S/C30H29ClN4O3S/c1-33-15-17-34(18-16-33)19-20-38-24-10-7-22(8-11-24)23-9-12-28-26(21-23)29-27(31)13-14-32-30(29)35(28)39(36,37)25-5-3-2-4-6-25/h2-14,21H,15-20H2,1H3. The molecule has 0 saturated carbocycles. The zero-order chi connectivity index (χ0) is 27.0. The summed E-state index contributed by atoms with van der Waals surface area (Å²) in [7, 11) is -1.74. The summed E-state index contributed by atoms with van der Waals surface area (Å²) >= 11 is 6.61. The molecule has 1 fully saturated rings. The van der Waals surface area contributed by atoms with Gasteiger partial charge in [-0.1, -0.05) is 48.0 Å². The predicted octanol–water partition coefficient (Wildman–Crippen LogP) is 5.37. The third-order valence-electron chi connectivity index (χ3n) is 7.30. The van der Waals surface area contributed by atoms with Crippen LogP contribution in [0, 0.1) is 0 Å². The highest BCUT2D eigenvalue weighted by atomic mass is 35.5. The van der Waals surface area contributed by atoms with E-state index in [-0.39, 0.29) is 4.90 Å². The van der Waals surface area contributed by atoms with Gasteiger partial charge in [0.25, 0.3) is 10.0 Å². The molecule has 200 valence electrons. The maximum Gasteiger partial charge on any atom is 0.269 e. The van der Waals surface area contributed by atoms with Crippen LogP contribution in [-0.2, 0) is 10.0 Å². The third kappa shape index (κ3) is 5.01. The number of aromatic nitrogens is 2. The molecule has 0 unspecified atom stereocenters. The first-order valence-electron chi connectivity index (χ1n) is 13.0. The molecule has 3 heterocycles. The fraction of sp³-hybridized carbons (Fsp3) is 0.233. The summed E-state index contributed by atoms with van der Waals surface area (Å²) in [4.78, 5) is 9.39. The topological polar surface area (TPSA) is 67.7 Å². The number of benzene rings is 3. The second-order valence-corrected chi connectivity index (χ2v) is 12.0. The molecule has 7 nitrogen and oxygen atoms in total. The van der Waals surface area contributed by atoms with Crippen molar-refractivity contribution in [3.63, 3.8) is 0 Å². The molecule has 1 saturated heterocycles. The highest BCUT2D eigenvalue weighted by Gasteiger charge is 2.25. The summed E-state index contributed by atoms with van der Waals surface area (Å²) in [6.07, 6.45) is 1.53. The van der Waals surface area contributed by atoms with E-state index in [1.165, 1.54) is 10.2 Å². The maximum atomic E-state index is 13.7. The molecule has 1 aliphatic rings. The first-order chi connectivity index (χ1) is 18.9. The van der Waals surface area contributed by atoms with Gasteiger partial charge in [0, 0.05) is 49.7 Å². The number of likely N-dealkylation sites (N-methyl/N-ethyl adjacent to an activating group) is 1. The van der Waals surface area contributed by atoms with Crippen molar-refractivity contribution in [3.8, 4) is 16.9 Å². The Morgan fingerprint density at radius 1 is 0.897 bits per heavy atom. The monoisotopic (exact) mass is 560 g/mol. The molecule has 0 atom stereocenters. The minimum atomic E-state index is -3.90. The summed E-state index contributed by atoms with van der Waals surface area (Å²) in [5.41, 5.74) is 2.78. The van der Waals surface area contributed by atoms with Crippen molar-refractivity contribution in [2.75, 3.05) is 46.4 Å². The first-order valence-corrected chi connectivity index (χ1v) is 14.8. The molecular formula is C30H29ClN4O3S. The van der Waals surface area contributed by atoms with Gasteiger partial charge in [-0.3, -0.25) is 4.90 Å². The van der Waals surface area contributed by atoms with E-state index in [0.29, 0.717) is 28.2 Å². The zero-order valence-corrected chi connectivity index (χ0v) is 23.2. The molecular weight excluding hydrogens is 532 g/mol. The van der Waals surface area contributed by atoms with Crippen LogP contribution in [0.3, 0.4) is 0 Å². The molecule has 1 aliphatic heterocycles. The van der Waals surface area contributed by atoms with Gasteiger partial charge in [0.15, 0.2) is 5.65 Å². The SMILES string of the molecule is CN1CCN(CCOc2ccc(-c3ccc4c(c3)c3c(Cl)ccnc3n4S(=O)(=O)c3ccccc3)cc2)CC1. The van der Waals surface area contributed by atoms with Crippen molar-refractivity contribution >= 4 is 43.6 Å². The average Bonchev–Trinajstić information content (AvgIpc) is 3.30. The number of nitrogens with zero attached hydrogens (tertiary/aromatic N) is 4. The van der Waals surface area contributed by atoms with Crippen molar-refractivity contribution in [1.29, 1.82) is 0 Å². The van der Waals surface area contributed by atoms with Gasteiger partial charge in [-0.25, -0.2) is 17.4 Å². The Labute approximate surface area is 233 Å². The van der Waals surface area contributed by atoms with Crippen LogP contribution in [0.25, 0.3) is 33.1 Å². The molecule has 9 heteroatoms. The molecule has 0 bridgehead atoms. The summed E-state index contributed by atoms with van der Waals surface area (Å²) in [6, 6.07) is 23.8. The van der Waals surface area contributed by atoms with Gasteiger partial charge in [0.05, 0.1) is 15.4 Å². The lowest BCUT2D eigenvalue weighted by Crippen LogP contribution is -2.45. The van der Waals surface area contributed by atoms with Gasteiger partial charge in [0.2, 0.25) is 0 Å². The van der Waals surface area contributed by atoms with Crippen molar-refractivity contribution in [2.24, 2.45) is 0 Å². The van der Waals surface area contributed by atoms with Crippen LogP contribution in [0.15, 0.2) is 90.0 Å². The number of piperazine rings is 1. The van der Waals surface area contributed by atoms with E-state index >= 15 is 0 Å². The number of rotatable bonds is 7. The van der Waals surface area contributed by atoms with Gasteiger partial charge in [-0.2, -0.15) is 0 Å². The fourth-order valence-electron chi connectivity index (χ4n) is 5.09. The van der Waals surface area contributed by atoms with Crippen LogP contribution in [0.1, 0.15) is 0 Å². The minimum absolute atomic E-state index is 0.192. The second-order valence-electron chi connectivity index (χ2n) is 9.82. The lowest BCUT2D eigenvalue weighted by atomic mass is 10.0.